The first-order valence-electron chi connectivity index (χ1n) is 7.19. The van der Waals surface area contributed by atoms with E-state index in [2.05, 4.69) is 10.3 Å². The molecule has 0 saturated heterocycles. The number of carbonyl (C=O) groups excluding carboxylic acids is 1. The number of anilines is 1. The van der Waals surface area contributed by atoms with E-state index in [-0.39, 0.29) is 12.5 Å². The Labute approximate surface area is 128 Å². The van der Waals surface area contributed by atoms with Gasteiger partial charge >= 0.3 is 0 Å². The summed E-state index contributed by atoms with van der Waals surface area (Å²) in [4.78, 5) is 16.5. The molecule has 0 aliphatic carbocycles. The number of hydrogen-bond acceptors (Lipinski definition) is 3. The number of nitrogens with one attached hydrogen (secondary N) is 1. The molecule has 3 aromatic rings. The molecule has 0 aliphatic rings. The maximum Gasteiger partial charge on any atom is 0.244 e. The van der Waals surface area contributed by atoms with Crippen molar-refractivity contribution in [2.75, 3.05) is 11.9 Å². The fourth-order valence-electron chi connectivity index (χ4n) is 2.33. The molecule has 0 aliphatic heterocycles. The van der Waals surface area contributed by atoms with Crippen LogP contribution in [0.25, 0.3) is 11.0 Å². The van der Waals surface area contributed by atoms with Crippen LogP contribution in [0.4, 0.5) is 5.69 Å². The molecule has 2 aromatic carbocycles. The second-order valence-corrected chi connectivity index (χ2v) is 4.84. The molecule has 1 aromatic heterocycles. The van der Waals surface area contributed by atoms with E-state index in [1.165, 1.54) is 0 Å². The molecule has 1 amide bonds. The minimum atomic E-state index is -0.115. The van der Waals surface area contributed by atoms with Gasteiger partial charge in [-0.25, -0.2) is 4.98 Å². The Kier molecular flexibility index (Phi) is 4.05. The highest BCUT2D eigenvalue weighted by Crippen LogP contribution is 2.23. The van der Waals surface area contributed by atoms with Crippen LogP contribution in [0.2, 0.25) is 0 Å². The number of imidazole rings is 1. The second-order valence-electron chi connectivity index (χ2n) is 4.84. The van der Waals surface area contributed by atoms with Gasteiger partial charge in [0.1, 0.15) is 12.3 Å². The summed E-state index contributed by atoms with van der Waals surface area (Å²) in [6, 6.07) is 15.1. The number of para-hydroxylation sites is 4. The van der Waals surface area contributed by atoms with Crippen molar-refractivity contribution < 1.29 is 9.53 Å². The minimum Gasteiger partial charge on any atom is -0.492 e. The Morgan fingerprint density at radius 3 is 2.82 bits per heavy atom. The van der Waals surface area contributed by atoms with Crippen LogP contribution in [0.5, 0.6) is 5.75 Å². The summed E-state index contributed by atoms with van der Waals surface area (Å²) in [7, 11) is 0. The van der Waals surface area contributed by atoms with Crippen molar-refractivity contribution in [1.29, 1.82) is 0 Å². The van der Waals surface area contributed by atoms with Gasteiger partial charge < -0.3 is 14.6 Å². The van der Waals surface area contributed by atoms with Crippen molar-refractivity contribution in [2.24, 2.45) is 0 Å². The van der Waals surface area contributed by atoms with Crippen LogP contribution in [0.1, 0.15) is 6.92 Å². The van der Waals surface area contributed by atoms with E-state index in [1.54, 1.807) is 6.33 Å². The molecule has 5 heteroatoms. The molecular formula is C17H17N3O2. The van der Waals surface area contributed by atoms with Crippen molar-refractivity contribution in [2.45, 2.75) is 13.5 Å². The molecule has 0 bridgehead atoms. The number of benzene rings is 2. The third kappa shape index (κ3) is 2.93. The van der Waals surface area contributed by atoms with E-state index in [0.717, 1.165) is 11.0 Å². The van der Waals surface area contributed by atoms with Crippen LogP contribution in [-0.2, 0) is 11.3 Å². The molecule has 0 atom stereocenters. The lowest BCUT2D eigenvalue weighted by Gasteiger charge is -2.11. The summed E-state index contributed by atoms with van der Waals surface area (Å²) in [5, 5.41) is 2.89. The quantitative estimate of drug-likeness (QED) is 0.787. The van der Waals surface area contributed by atoms with Crippen molar-refractivity contribution >= 4 is 22.6 Å². The zero-order chi connectivity index (χ0) is 15.4. The normalized spacial score (nSPS) is 10.6. The maximum atomic E-state index is 12.3. The molecule has 3 rings (SSSR count). The third-order valence-corrected chi connectivity index (χ3v) is 3.30. The number of rotatable bonds is 5. The summed E-state index contributed by atoms with van der Waals surface area (Å²) >= 11 is 0. The summed E-state index contributed by atoms with van der Waals surface area (Å²) < 4.78 is 7.34. The number of aromatic nitrogens is 2. The molecule has 1 N–H and O–H groups in total. The number of amides is 1. The van der Waals surface area contributed by atoms with Gasteiger partial charge in [-0.1, -0.05) is 24.3 Å². The molecule has 5 nitrogen and oxygen atoms in total. The van der Waals surface area contributed by atoms with Gasteiger partial charge in [-0.3, -0.25) is 4.79 Å². The van der Waals surface area contributed by atoms with Gasteiger partial charge in [-0.05, 0) is 31.2 Å². The zero-order valence-corrected chi connectivity index (χ0v) is 12.3. The van der Waals surface area contributed by atoms with Crippen molar-refractivity contribution in [1.82, 2.24) is 9.55 Å². The molecule has 0 unspecified atom stereocenters. The first-order chi connectivity index (χ1) is 10.8. The summed E-state index contributed by atoms with van der Waals surface area (Å²) in [5.41, 5.74) is 2.50. The molecule has 0 fully saturated rings. The smallest absolute Gasteiger partial charge is 0.244 e. The van der Waals surface area contributed by atoms with Crippen LogP contribution in [-0.4, -0.2) is 22.1 Å². The van der Waals surface area contributed by atoms with Crippen LogP contribution >= 0.6 is 0 Å². The first-order valence-corrected chi connectivity index (χ1v) is 7.19. The number of hydrogen-bond donors (Lipinski definition) is 1. The fourth-order valence-corrected chi connectivity index (χ4v) is 2.33. The monoisotopic (exact) mass is 295 g/mol. The lowest BCUT2D eigenvalue weighted by molar-refractivity contribution is -0.116. The summed E-state index contributed by atoms with van der Waals surface area (Å²) in [5.74, 6) is 0.559. The van der Waals surface area contributed by atoms with Gasteiger partial charge in [0.2, 0.25) is 5.91 Å². The number of nitrogens with zero attached hydrogens (tertiary/aromatic N) is 2. The average molecular weight is 295 g/mol. The number of carbonyl (C=O) groups is 1. The molecule has 0 saturated carbocycles. The molecule has 0 spiro atoms. The lowest BCUT2D eigenvalue weighted by atomic mass is 10.3. The second kappa shape index (κ2) is 6.30. The van der Waals surface area contributed by atoms with Gasteiger partial charge in [0.25, 0.3) is 0 Å². The Bertz CT molecular complexity index is 795. The standard InChI is InChI=1S/C17H17N3O2/c1-2-22-16-10-6-4-8-14(16)19-17(21)11-20-12-18-13-7-3-5-9-15(13)20/h3-10,12H,2,11H2,1H3,(H,19,21). The highest BCUT2D eigenvalue weighted by atomic mass is 16.5. The highest BCUT2D eigenvalue weighted by molar-refractivity contribution is 5.93. The van der Waals surface area contributed by atoms with Crippen LogP contribution in [0.3, 0.4) is 0 Å². The SMILES string of the molecule is CCOc1ccccc1NC(=O)Cn1cnc2ccccc21. The Hall–Kier alpha value is -2.82. The van der Waals surface area contributed by atoms with E-state index in [9.17, 15) is 4.79 Å². The average Bonchev–Trinajstić information content (AvgIpc) is 2.93. The molecule has 0 radical (unpaired) electrons. The van der Waals surface area contributed by atoms with Gasteiger partial charge in [-0.2, -0.15) is 0 Å². The zero-order valence-electron chi connectivity index (χ0n) is 12.3. The molecule has 1 heterocycles. The molecule has 112 valence electrons. The van der Waals surface area contributed by atoms with Crippen molar-refractivity contribution in [3.05, 3.63) is 54.9 Å². The fraction of sp³-hybridized carbons (Fsp3) is 0.176. The lowest BCUT2D eigenvalue weighted by Crippen LogP contribution is -2.18. The van der Waals surface area contributed by atoms with Crippen LogP contribution in [0.15, 0.2) is 54.9 Å². The number of ether oxygens (including phenoxy) is 1. The Balaban J connectivity index is 1.75. The van der Waals surface area contributed by atoms with Gasteiger partial charge in [-0.15, -0.1) is 0 Å². The van der Waals surface area contributed by atoms with E-state index < -0.39 is 0 Å². The minimum absolute atomic E-state index is 0.115. The third-order valence-electron chi connectivity index (χ3n) is 3.30. The summed E-state index contributed by atoms with van der Waals surface area (Å²) in [6.45, 7) is 2.68. The van der Waals surface area contributed by atoms with Gasteiger partial charge in [0.15, 0.2) is 0 Å². The predicted octanol–water partition coefficient (Wildman–Crippen LogP) is 3.07. The van der Waals surface area contributed by atoms with E-state index >= 15 is 0 Å². The molecular weight excluding hydrogens is 278 g/mol. The van der Waals surface area contributed by atoms with Gasteiger partial charge in [0.05, 0.1) is 29.7 Å². The predicted molar refractivity (Wildman–Crippen MR) is 86.0 cm³/mol. The Morgan fingerprint density at radius 1 is 1.18 bits per heavy atom. The first kappa shape index (κ1) is 14.1. The largest absolute Gasteiger partial charge is 0.492 e. The maximum absolute atomic E-state index is 12.3. The van der Waals surface area contributed by atoms with Crippen molar-refractivity contribution in [3.8, 4) is 5.75 Å². The highest BCUT2D eigenvalue weighted by Gasteiger charge is 2.09. The van der Waals surface area contributed by atoms with Crippen LogP contribution < -0.4 is 10.1 Å². The molecule has 22 heavy (non-hydrogen) atoms. The van der Waals surface area contributed by atoms with E-state index in [1.807, 2.05) is 60.0 Å². The van der Waals surface area contributed by atoms with Crippen molar-refractivity contribution in [3.63, 3.8) is 0 Å². The Morgan fingerprint density at radius 2 is 1.95 bits per heavy atom. The number of fused-ring (bicyclic) bond motifs is 1. The van der Waals surface area contributed by atoms with Gasteiger partial charge in [0, 0.05) is 0 Å². The summed E-state index contributed by atoms with van der Waals surface area (Å²) in [6.07, 6.45) is 1.68. The van der Waals surface area contributed by atoms with E-state index in [0.29, 0.717) is 18.0 Å². The van der Waals surface area contributed by atoms with E-state index in [4.69, 9.17) is 4.74 Å². The van der Waals surface area contributed by atoms with Crippen LogP contribution in [0, 0.1) is 0 Å². The topological polar surface area (TPSA) is 56.1 Å².